The number of hydrogen-bond acceptors (Lipinski definition) is 3. The topological polar surface area (TPSA) is 21.7 Å². The van der Waals surface area contributed by atoms with Gasteiger partial charge in [0.25, 0.3) is 0 Å². The minimum atomic E-state index is -0.271. The Kier molecular flexibility index (Phi) is 3.67. The van der Waals surface area contributed by atoms with Crippen molar-refractivity contribution in [3.05, 3.63) is 29.3 Å². The summed E-state index contributed by atoms with van der Waals surface area (Å²) >= 11 is 0. The highest BCUT2D eigenvalue weighted by atomic mass is 16.7. The van der Waals surface area contributed by atoms with Gasteiger partial charge in [-0.15, -0.1) is 0 Å². The van der Waals surface area contributed by atoms with Crippen LogP contribution in [0.1, 0.15) is 45.7 Å². The molecule has 0 radical (unpaired) electrons. The van der Waals surface area contributed by atoms with Gasteiger partial charge < -0.3 is 9.31 Å². The average Bonchev–Trinajstić information content (AvgIpc) is 2.66. The third-order valence-electron chi connectivity index (χ3n) is 5.29. The van der Waals surface area contributed by atoms with Crippen LogP contribution in [0.4, 0.5) is 0 Å². The number of rotatable bonds is 2. The molecule has 1 fully saturated rings. The van der Waals surface area contributed by atoms with Gasteiger partial charge >= 0.3 is 7.12 Å². The first-order chi connectivity index (χ1) is 9.82. The van der Waals surface area contributed by atoms with Crippen LogP contribution in [0.15, 0.2) is 18.2 Å². The molecule has 21 heavy (non-hydrogen) atoms. The number of fused-ring (bicyclic) bond motifs is 1. The van der Waals surface area contributed by atoms with E-state index in [1.165, 1.54) is 11.1 Å². The fourth-order valence-electron chi connectivity index (χ4n) is 3.03. The molecule has 0 unspecified atom stereocenters. The van der Waals surface area contributed by atoms with Gasteiger partial charge in [0, 0.05) is 13.1 Å². The predicted molar refractivity (Wildman–Crippen MR) is 86.8 cm³/mol. The maximum Gasteiger partial charge on any atom is 0.494 e. The van der Waals surface area contributed by atoms with Gasteiger partial charge in [-0.2, -0.15) is 0 Å². The molecule has 0 aliphatic carbocycles. The molecule has 3 nitrogen and oxygen atoms in total. The summed E-state index contributed by atoms with van der Waals surface area (Å²) in [7, 11) is -0.246. The van der Waals surface area contributed by atoms with Gasteiger partial charge in [-0.1, -0.05) is 25.1 Å². The molecule has 0 N–H and O–H groups in total. The molecule has 0 aromatic heterocycles. The van der Waals surface area contributed by atoms with Crippen molar-refractivity contribution in [3.63, 3.8) is 0 Å². The number of likely N-dealkylation sites (N-methyl/N-ethyl adjacent to an activating group) is 1. The average molecular weight is 287 g/mol. The Hall–Kier alpha value is -0.835. The largest absolute Gasteiger partial charge is 0.494 e. The highest BCUT2D eigenvalue weighted by Gasteiger charge is 2.51. The third kappa shape index (κ3) is 2.65. The first-order valence-electron chi connectivity index (χ1n) is 8.02. The summed E-state index contributed by atoms with van der Waals surface area (Å²) in [5.74, 6) is 0. The minimum absolute atomic E-state index is 0.246. The fraction of sp³-hybridized carbons (Fsp3) is 0.647. The number of hydrogen-bond donors (Lipinski definition) is 0. The van der Waals surface area contributed by atoms with Crippen LogP contribution in [0.2, 0.25) is 0 Å². The molecular formula is C17H26BNO2. The van der Waals surface area contributed by atoms with Gasteiger partial charge in [0.15, 0.2) is 0 Å². The van der Waals surface area contributed by atoms with Gasteiger partial charge in [-0.3, -0.25) is 4.90 Å². The molecule has 0 amide bonds. The predicted octanol–water partition coefficient (Wildman–Crippen LogP) is 2.36. The monoisotopic (exact) mass is 287 g/mol. The molecule has 0 spiro atoms. The SMILES string of the molecule is CCN1CCc2cc(B3OC(C)(C)C(C)(C)O3)ccc2C1. The summed E-state index contributed by atoms with van der Waals surface area (Å²) < 4.78 is 12.3. The summed E-state index contributed by atoms with van der Waals surface area (Å²) in [5.41, 5.74) is 3.51. The van der Waals surface area contributed by atoms with E-state index in [1.807, 2.05) is 0 Å². The molecule has 2 heterocycles. The summed E-state index contributed by atoms with van der Waals surface area (Å²) in [4.78, 5) is 2.48. The van der Waals surface area contributed by atoms with Crippen molar-refractivity contribution >= 4 is 12.6 Å². The molecule has 114 valence electrons. The molecule has 1 aromatic carbocycles. The molecule has 0 bridgehead atoms. The zero-order valence-corrected chi connectivity index (χ0v) is 13.9. The van der Waals surface area contributed by atoms with E-state index in [0.717, 1.165) is 31.5 Å². The Morgan fingerprint density at radius 1 is 1.10 bits per heavy atom. The second-order valence-corrected chi connectivity index (χ2v) is 7.24. The van der Waals surface area contributed by atoms with Gasteiger partial charge in [0.2, 0.25) is 0 Å². The minimum Gasteiger partial charge on any atom is -0.399 e. The first kappa shape index (κ1) is 15.1. The lowest BCUT2D eigenvalue weighted by Gasteiger charge is -2.32. The van der Waals surface area contributed by atoms with Crippen LogP contribution < -0.4 is 5.46 Å². The van der Waals surface area contributed by atoms with Crippen molar-refractivity contribution in [2.75, 3.05) is 13.1 Å². The smallest absolute Gasteiger partial charge is 0.399 e. The summed E-state index contributed by atoms with van der Waals surface area (Å²) in [5, 5.41) is 0. The third-order valence-corrected chi connectivity index (χ3v) is 5.29. The normalized spacial score (nSPS) is 24.1. The Morgan fingerprint density at radius 3 is 2.38 bits per heavy atom. The molecule has 2 aliphatic rings. The molecule has 1 saturated heterocycles. The maximum atomic E-state index is 6.15. The van der Waals surface area contributed by atoms with Crippen molar-refractivity contribution in [2.24, 2.45) is 0 Å². The molecule has 0 saturated carbocycles. The Balaban J connectivity index is 1.83. The van der Waals surface area contributed by atoms with E-state index in [2.05, 4.69) is 57.7 Å². The summed E-state index contributed by atoms with van der Waals surface area (Å²) in [6, 6.07) is 6.70. The lowest BCUT2D eigenvalue weighted by atomic mass is 9.77. The zero-order valence-electron chi connectivity index (χ0n) is 13.9. The van der Waals surface area contributed by atoms with Crippen LogP contribution >= 0.6 is 0 Å². The quantitative estimate of drug-likeness (QED) is 0.779. The second-order valence-electron chi connectivity index (χ2n) is 7.24. The van der Waals surface area contributed by atoms with Crippen LogP contribution in [0, 0.1) is 0 Å². The summed E-state index contributed by atoms with van der Waals surface area (Å²) in [6.07, 6.45) is 1.12. The van der Waals surface area contributed by atoms with Gasteiger partial charge in [-0.25, -0.2) is 0 Å². The maximum absolute atomic E-state index is 6.15. The van der Waals surface area contributed by atoms with E-state index in [9.17, 15) is 0 Å². The highest BCUT2D eigenvalue weighted by molar-refractivity contribution is 6.62. The highest BCUT2D eigenvalue weighted by Crippen LogP contribution is 2.36. The van der Waals surface area contributed by atoms with E-state index in [4.69, 9.17) is 9.31 Å². The first-order valence-corrected chi connectivity index (χ1v) is 8.02. The summed E-state index contributed by atoms with van der Waals surface area (Å²) in [6.45, 7) is 14.0. The van der Waals surface area contributed by atoms with Crippen molar-refractivity contribution in [2.45, 2.75) is 58.8 Å². The standard InChI is InChI=1S/C17H26BNO2/c1-6-19-10-9-13-11-15(8-7-14(13)12-19)18-20-16(2,3)17(4,5)21-18/h7-8,11H,6,9-10,12H2,1-5H3. The van der Waals surface area contributed by atoms with Crippen LogP contribution in [-0.4, -0.2) is 36.3 Å². The van der Waals surface area contributed by atoms with E-state index >= 15 is 0 Å². The van der Waals surface area contributed by atoms with Gasteiger partial charge in [0.05, 0.1) is 11.2 Å². The molecule has 3 rings (SSSR count). The molecule has 1 aromatic rings. The van der Waals surface area contributed by atoms with E-state index < -0.39 is 0 Å². The van der Waals surface area contributed by atoms with E-state index in [1.54, 1.807) is 0 Å². The Labute approximate surface area is 128 Å². The molecule has 0 atom stereocenters. The van der Waals surface area contributed by atoms with E-state index in [-0.39, 0.29) is 18.3 Å². The zero-order chi connectivity index (χ0) is 15.3. The van der Waals surface area contributed by atoms with Gasteiger partial charge in [0.1, 0.15) is 0 Å². The fourth-order valence-corrected chi connectivity index (χ4v) is 3.03. The van der Waals surface area contributed by atoms with Crippen LogP contribution in [-0.2, 0) is 22.3 Å². The lowest BCUT2D eigenvalue weighted by Crippen LogP contribution is -2.41. The van der Waals surface area contributed by atoms with Crippen molar-refractivity contribution < 1.29 is 9.31 Å². The molecule has 2 aliphatic heterocycles. The number of benzene rings is 1. The Bertz CT molecular complexity index is 526. The van der Waals surface area contributed by atoms with Crippen LogP contribution in [0.25, 0.3) is 0 Å². The van der Waals surface area contributed by atoms with Crippen LogP contribution in [0.5, 0.6) is 0 Å². The Morgan fingerprint density at radius 2 is 1.76 bits per heavy atom. The second kappa shape index (κ2) is 5.11. The van der Waals surface area contributed by atoms with Gasteiger partial charge in [-0.05, 0) is 57.3 Å². The number of nitrogens with zero attached hydrogens (tertiary/aromatic N) is 1. The lowest BCUT2D eigenvalue weighted by molar-refractivity contribution is 0.00578. The van der Waals surface area contributed by atoms with Crippen molar-refractivity contribution in [1.29, 1.82) is 0 Å². The van der Waals surface area contributed by atoms with Crippen molar-refractivity contribution in [3.8, 4) is 0 Å². The van der Waals surface area contributed by atoms with Crippen molar-refractivity contribution in [1.82, 2.24) is 4.90 Å². The molecule has 4 heteroatoms. The van der Waals surface area contributed by atoms with E-state index in [0.29, 0.717) is 0 Å². The molecular weight excluding hydrogens is 261 g/mol. The van der Waals surface area contributed by atoms with Crippen LogP contribution in [0.3, 0.4) is 0 Å².